The molecule has 0 saturated heterocycles. The minimum absolute atomic E-state index is 0.267. The van der Waals surface area contributed by atoms with E-state index in [4.69, 9.17) is 4.74 Å². The number of aliphatic carboxylic acids is 1. The highest BCUT2D eigenvalue weighted by Crippen LogP contribution is 2.18. The van der Waals surface area contributed by atoms with Gasteiger partial charge in [-0.25, -0.2) is 0 Å². The molecule has 5 nitrogen and oxygen atoms in total. The van der Waals surface area contributed by atoms with Crippen LogP contribution in [0.1, 0.15) is 27.2 Å². The van der Waals surface area contributed by atoms with E-state index in [1.165, 1.54) is 0 Å². The van der Waals surface area contributed by atoms with Gasteiger partial charge in [-0.2, -0.15) is 0 Å². The van der Waals surface area contributed by atoms with E-state index in [1.807, 2.05) is 21.1 Å². The average molecular weight is 245 g/mol. The number of carboxylic acid groups (broad SMARTS) is 1. The summed E-state index contributed by atoms with van der Waals surface area (Å²) in [5.41, 5.74) is -0.630. The molecule has 0 N–H and O–H groups in total. The molecule has 5 heteroatoms. The van der Waals surface area contributed by atoms with Crippen LogP contribution in [0.3, 0.4) is 0 Å². The molecule has 0 aliphatic rings. The normalized spacial score (nSPS) is 14.2. The molecule has 0 aromatic heterocycles. The van der Waals surface area contributed by atoms with Gasteiger partial charge < -0.3 is 19.1 Å². The molecule has 0 fully saturated rings. The Morgan fingerprint density at radius 3 is 2.00 bits per heavy atom. The molecule has 0 bridgehead atoms. The second kappa shape index (κ2) is 5.49. The predicted molar refractivity (Wildman–Crippen MR) is 61.9 cm³/mol. The van der Waals surface area contributed by atoms with Crippen LogP contribution < -0.4 is 5.11 Å². The Balaban J connectivity index is 4.60. The molecule has 17 heavy (non-hydrogen) atoms. The van der Waals surface area contributed by atoms with Crippen molar-refractivity contribution < 1.29 is 23.9 Å². The summed E-state index contributed by atoms with van der Waals surface area (Å²) in [4.78, 5) is 22.3. The first kappa shape index (κ1) is 15.9. The summed E-state index contributed by atoms with van der Waals surface area (Å²) in [7, 11) is 5.73. The van der Waals surface area contributed by atoms with Gasteiger partial charge in [0.1, 0.15) is 6.54 Å². The van der Waals surface area contributed by atoms with Gasteiger partial charge in [0.05, 0.1) is 26.6 Å². The number of nitrogens with zero attached hydrogens (tertiary/aromatic N) is 1. The third kappa shape index (κ3) is 7.74. The molecule has 1 atom stereocenters. The lowest BCUT2D eigenvalue weighted by molar-refractivity contribution is -0.873. The Kier molecular flexibility index (Phi) is 5.13. The summed E-state index contributed by atoms with van der Waals surface area (Å²) < 4.78 is 5.75. The molecule has 0 aliphatic heterocycles. The van der Waals surface area contributed by atoms with Gasteiger partial charge in [-0.1, -0.05) is 0 Å². The zero-order chi connectivity index (χ0) is 13.9. The monoisotopic (exact) mass is 245 g/mol. The molecule has 0 unspecified atom stereocenters. The van der Waals surface area contributed by atoms with Gasteiger partial charge in [-0.05, 0) is 20.8 Å². The quantitative estimate of drug-likeness (QED) is 0.496. The maximum Gasteiger partial charge on any atom is 0.311 e. The second-order valence-electron chi connectivity index (χ2n) is 6.33. The number of likely N-dealkylation sites (N-methyl/N-ethyl adjacent to an activating group) is 1. The number of carboxylic acids is 1. The molecular formula is C12H23NO4. The van der Waals surface area contributed by atoms with Gasteiger partial charge in [0, 0.05) is 12.4 Å². The zero-order valence-corrected chi connectivity index (χ0v) is 11.6. The van der Waals surface area contributed by atoms with E-state index in [1.54, 1.807) is 20.8 Å². The molecule has 0 amide bonds. The maximum absolute atomic E-state index is 11.7. The summed E-state index contributed by atoms with van der Waals surface area (Å²) in [5, 5.41) is 10.6. The molecule has 0 spiro atoms. The Morgan fingerprint density at radius 2 is 1.71 bits per heavy atom. The smallest absolute Gasteiger partial charge is 0.311 e. The predicted octanol–water partition coefficient (Wildman–Crippen LogP) is -0.209. The lowest BCUT2D eigenvalue weighted by atomic mass is 9.97. The molecule has 0 radical (unpaired) electrons. The summed E-state index contributed by atoms with van der Waals surface area (Å²) in [6.45, 7) is 5.64. The van der Waals surface area contributed by atoms with Crippen LogP contribution in [0, 0.1) is 5.41 Å². The fraction of sp³-hybridized carbons (Fsp3) is 0.833. The molecule has 0 aromatic carbocycles. The standard InChI is InChI=1S/C12H23NO4/c1-12(2,3)11(16)17-9(7-10(14)15)8-13(4,5)6/h9H,7-8H2,1-6H3/t9-/m0/s1. The van der Waals surface area contributed by atoms with Gasteiger partial charge in [-0.15, -0.1) is 0 Å². The van der Waals surface area contributed by atoms with Crippen LogP contribution in [0.4, 0.5) is 0 Å². The van der Waals surface area contributed by atoms with Gasteiger partial charge >= 0.3 is 5.97 Å². The highest BCUT2D eigenvalue weighted by atomic mass is 16.5. The number of carbonyl (C=O) groups is 2. The van der Waals surface area contributed by atoms with E-state index in [2.05, 4.69) is 0 Å². The first-order valence-electron chi connectivity index (χ1n) is 5.63. The van der Waals surface area contributed by atoms with Crippen molar-refractivity contribution >= 4 is 11.9 Å². The van der Waals surface area contributed by atoms with Crippen molar-refractivity contribution in [2.45, 2.75) is 33.3 Å². The van der Waals surface area contributed by atoms with Crippen LogP contribution in [0.5, 0.6) is 0 Å². The van der Waals surface area contributed by atoms with E-state index in [-0.39, 0.29) is 6.42 Å². The summed E-state index contributed by atoms with van der Waals surface area (Å²) in [6.07, 6.45) is -0.913. The first-order chi connectivity index (χ1) is 7.42. The fourth-order valence-electron chi connectivity index (χ4n) is 1.27. The van der Waals surface area contributed by atoms with Crippen molar-refractivity contribution in [2.24, 2.45) is 5.41 Å². The van der Waals surface area contributed by atoms with Crippen LogP contribution >= 0.6 is 0 Å². The van der Waals surface area contributed by atoms with E-state index < -0.39 is 23.5 Å². The second-order valence-corrected chi connectivity index (χ2v) is 6.33. The van der Waals surface area contributed by atoms with Gasteiger partial charge in [0.25, 0.3) is 0 Å². The van der Waals surface area contributed by atoms with E-state index in [9.17, 15) is 14.7 Å². The molecule has 0 aromatic rings. The molecule has 100 valence electrons. The highest BCUT2D eigenvalue weighted by Gasteiger charge is 2.29. The molecule has 0 rings (SSSR count). The lowest BCUT2D eigenvalue weighted by Crippen LogP contribution is -2.46. The highest BCUT2D eigenvalue weighted by molar-refractivity contribution is 5.76. The summed E-state index contributed by atoms with van der Waals surface area (Å²) >= 11 is 0. The summed E-state index contributed by atoms with van der Waals surface area (Å²) in [5.74, 6) is -1.60. The van der Waals surface area contributed by atoms with Gasteiger partial charge in [0.2, 0.25) is 0 Å². The van der Waals surface area contributed by atoms with Crippen molar-refractivity contribution in [1.82, 2.24) is 0 Å². The lowest BCUT2D eigenvalue weighted by Gasteiger charge is -2.30. The van der Waals surface area contributed by atoms with E-state index in [0.29, 0.717) is 11.0 Å². The molecule has 0 saturated carbocycles. The Hall–Kier alpha value is -1.10. The largest absolute Gasteiger partial charge is 0.550 e. The molecular weight excluding hydrogens is 222 g/mol. The van der Waals surface area contributed by atoms with Crippen LogP contribution in [0.2, 0.25) is 0 Å². The Labute approximate surface area is 103 Å². The molecule has 0 aliphatic carbocycles. The number of esters is 1. The summed E-state index contributed by atoms with van der Waals surface area (Å²) in [6, 6.07) is 0. The third-order valence-corrected chi connectivity index (χ3v) is 2.03. The van der Waals surface area contributed by atoms with Crippen molar-refractivity contribution in [3.8, 4) is 0 Å². The van der Waals surface area contributed by atoms with Crippen molar-refractivity contribution in [3.63, 3.8) is 0 Å². The van der Waals surface area contributed by atoms with Crippen molar-refractivity contribution in [3.05, 3.63) is 0 Å². The Bertz CT molecular complexity index is 286. The number of rotatable bonds is 5. The van der Waals surface area contributed by atoms with Crippen LogP contribution in [0.15, 0.2) is 0 Å². The number of hydrogen-bond acceptors (Lipinski definition) is 4. The minimum atomic E-state index is -1.20. The van der Waals surface area contributed by atoms with E-state index in [0.717, 1.165) is 0 Å². The van der Waals surface area contributed by atoms with Crippen molar-refractivity contribution in [2.75, 3.05) is 27.7 Å². The topological polar surface area (TPSA) is 66.4 Å². The number of hydrogen-bond donors (Lipinski definition) is 0. The SMILES string of the molecule is CC(C)(C)C(=O)O[C@@H](CC(=O)[O-])C[N+](C)(C)C. The average Bonchev–Trinajstić information content (AvgIpc) is 1.96. The maximum atomic E-state index is 11.7. The van der Waals surface area contributed by atoms with Crippen LogP contribution in [-0.2, 0) is 14.3 Å². The Morgan fingerprint density at radius 1 is 1.24 bits per heavy atom. The minimum Gasteiger partial charge on any atom is -0.550 e. The fourth-order valence-corrected chi connectivity index (χ4v) is 1.27. The van der Waals surface area contributed by atoms with Gasteiger partial charge in [-0.3, -0.25) is 4.79 Å². The van der Waals surface area contributed by atoms with Crippen molar-refractivity contribution in [1.29, 1.82) is 0 Å². The number of carbonyl (C=O) groups excluding carboxylic acids is 2. The van der Waals surface area contributed by atoms with E-state index >= 15 is 0 Å². The molecule has 0 heterocycles. The van der Waals surface area contributed by atoms with Crippen LogP contribution in [-0.4, -0.2) is 50.2 Å². The first-order valence-corrected chi connectivity index (χ1v) is 5.63. The van der Waals surface area contributed by atoms with Gasteiger partial charge in [0.15, 0.2) is 6.10 Å². The zero-order valence-electron chi connectivity index (χ0n) is 11.6. The number of ether oxygens (including phenoxy) is 1. The number of quaternary nitrogens is 1. The van der Waals surface area contributed by atoms with Crippen LogP contribution in [0.25, 0.3) is 0 Å². The third-order valence-electron chi connectivity index (χ3n) is 2.03.